The van der Waals surface area contributed by atoms with Gasteiger partial charge in [-0.2, -0.15) is 0 Å². The van der Waals surface area contributed by atoms with Gasteiger partial charge in [0.15, 0.2) is 5.78 Å². The number of benzene rings is 1. The van der Waals surface area contributed by atoms with Crippen LogP contribution < -0.4 is 4.74 Å². The summed E-state index contributed by atoms with van der Waals surface area (Å²) in [6.07, 6.45) is 0.0733. The molecule has 0 fully saturated rings. The first-order valence-electron chi connectivity index (χ1n) is 5.42. The maximum atomic E-state index is 11.7. The van der Waals surface area contributed by atoms with Crippen molar-refractivity contribution in [3.63, 3.8) is 0 Å². The minimum Gasteiger partial charge on any atom is -0.489 e. The fourth-order valence-corrected chi connectivity index (χ4v) is 1.56. The summed E-state index contributed by atoms with van der Waals surface area (Å²) in [7, 11) is 0. The quantitative estimate of drug-likeness (QED) is 0.745. The highest BCUT2D eigenvalue weighted by Gasteiger charge is 2.13. The van der Waals surface area contributed by atoms with E-state index >= 15 is 0 Å². The average Bonchev–Trinajstić information content (AvgIpc) is 2.19. The highest BCUT2D eigenvalue weighted by Crippen LogP contribution is 2.27. The lowest BCUT2D eigenvalue weighted by atomic mass is 10.0. The third kappa shape index (κ3) is 3.24. The third-order valence-corrected chi connectivity index (χ3v) is 2.40. The molecule has 0 aliphatic heterocycles. The van der Waals surface area contributed by atoms with Gasteiger partial charge in [0.1, 0.15) is 5.75 Å². The van der Waals surface area contributed by atoms with Crippen molar-refractivity contribution < 1.29 is 9.53 Å². The summed E-state index contributed by atoms with van der Waals surface area (Å²) in [6.45, 7) is 7.61. The Labute approximate surface area is 102 Å². The molecule has 3 heteroatoms. The van der Waals surface area contributed by atoms with Gasteiger partial charge in [0.25, 0.3) is 0 Å². The number of hydrogen-bond acceptors (Lipinski definition) is 2. The summed E-state index contributed by atoms with van der Waals surface area (Å²) in [5, 5.41) is 0.486. The van der Waals surface area contributed by atoms with Crippen LogP contribution in [0.4, 0.5) is 0 Å². The van der Waals surface area contributed by atoms with Gasteiger partial charge in [-0.05, 0) is 32.0 Å². The summed E-state index contributed by atoms with van der Waals surface area (Å²) in [6, 6.07) is 5.17. The van der Waals surface area contributed by atoms with E-state index in [1.807, 2.05) is 27.7 Å². The van der Waals surface area contributed by atoms with E-state index in [0.717, 1.165) is 0 Å². The smallest absolute Gasteiger partial charge is 0.165 e. The van der Waals surface area contributed by atoms with Crippen LogP contribution in [0, 0.1) is 5.92 Å². The Bertz CT molecular complexity index is 384. The van der Waals surface area contributed by atoms with E-state index in [-0.39, 0.29) is 17.8 Å². The monoisotopic (exact) mass is 240 g/mol. The van der Waals surface area contributed by atoms with Crippen LogP contribution in [0.25, 0.3) is 0 Å². The lowest BCUT2D eigenvalue weighted by Gasteiger charge is -2.12. The van der Waals surface area contributed by atoms with Crippen LogP contribution >= 0.6 is 11.6 Å². The maximum absolute atomic E-state index is 11.7. The topological polar surface area (TPSA) is 26.3 Å². The van der Waals surface area contributed by atoms with Crippen molar-refractivity contribution in [2.24, 2.45) is 5.92 Å². The highest BCUT2D eigenvalue weighted by atomic mass is 35.5. The summed E-state index contributed by atoms with van der Waals surface area (Å²) >= 11 is 6.05. The van der Waals surface area contributed by atoms with Crippen LogP contribution in [0.3, 0.4) is 0 Å². The predicted molar refractivity (Wildman–Crippen MR) is 66.4 cm³/mol. The Balaban J connectivity index is 2.95. The molecule has 0 N–H and O–H groups in total. The molecule has 0 aliphatic rings. The van der Waals surface area contributed by atoms with E-state index in [0.29, 0.717) is 16.3 Å². The number of hydrogen-bond donors (Lipinski definition) is 0. The first-order chi connectivity index (χ1) is 7.41. The van der Waals surface area contributed by atoms with Crippen LogP contribution in [0.15, 0.2) is 18.2 Å². The van der Waals surface area contributed by atoms with Gasteiger partial charge < -0.3 is 4.74 Å². The first-order valence-corrected chi connectivity index (χ1v) is 5.80. The Morgan fingerprint density at radius 1 is 1.25 bits per heavy atom. The zero-order chi connectivity index (χ0) is 12.3. The zero-order valence-corrected chi connectivity index (χ0v) is 10.8. The van der Waals surface area contributed by atoms with E-state index in [9.17, 15) is 4.79 Å². The van der Waals surface area contributed by atoms with Crippen molar-refractivity contribution in [2.45, 2.75) is 33.8 Å². The zero-order valence-electron chi connectivity index (χ0n) is 10.1. The average molecular weight is 241 g/mol. The molecular formula is C13H17ClO2. The second kappa shape index (κ2) is 5.35. The minimum absolute atomic E-state index is 0.0204. The Kier molecular flexibility index (Phi) is 4.36. The molecule has 2 nitrogen and oxygen atoms in total. The molecule has 16 heavy (non-hydrogen) atoms. The van der Waals surface area contributed by atoms with Crippen molar-refractivity contribution in [1.82, 2.24) is 0 Å². The minimum atomic E-state index is -0.0204. The maximum Gasteiger partial charge on any atom is 0.165 e. The fraction of sp³-hybridized carbons (Fsp3) is 0.462. The lowest BCUT2D eigenvalue weighted by molar-refractivity contribution is 0.0939. The number of ketones is 1. The summed E-state index contributed by atoms with van der Waals surface area (Å²) in [5.41, 5.74) is 0.635. The number of Topliss-reactive ketones (excluding diaryl/α,β-unsaturated/α-hetero) is 1. The molecule has 1 aromatic rings. The van der Waals surface area contributed by atoms with Crippen molar-refractivity contribution >= 4 is 17.4 Å². The molecule has 0 radical (unpaired) electrons. The van der Waals surface area contributed by atoms with Crippen molar-refractivity contribution in [2.75, 3.05) is 0 Å². The van der Waals surface area contributed by atoms with Crippen LogP contribution in [0.2, 0.25) is 5.02 Å². The molecule has 0 unspecified atom stereocenters. The third-order valence-electron chi connectivity index (χ3n) is 2.10. The molecule has 88 valence electrons. The van der Waals surface area contributed by atoms with Gasteiger partial charge in [-0.25, -0.2) is 0 Å². The lowest BCUT2D eigenvalue weighted by Crippen LogP contribution is -2.09. The molecule has 0 spiro atoms. The first kappa shape index (κ1) is 13.0. The molecular weight excluding hydrogens is 224 g/mol. The van der Waals surface area contributed by atoms with Crippen LogP contribution in [-0.4, -0.2) is 11.9 Å². The number of rotatable bonds is 4. The van der Waals surface area contributed by atoms with Crippen LogP contribution in [-0.2, 0) is 0 Å². The Morgan fingerprint density at radius 2 is 1.88 bits per heavy atom. The molecule has 1 rings (SSSR count). The second-order valence-corrected chi connectivity index (χ2v) is 4.74. The Morgan fingerprint density at radius 3 is 2.31 bits per heavy atom. The molecule has 0 bridgehead atoms. The van der Waals surface area contributed by atoms with Crippen molar-refractivity contribution in [3.05, 3.63) is 28.8 Å². The van der Waals surface area contributed by atoms with Crippen LogP contribution in [0.5, 0.6) is 5.75 Å². The van der Waals surface area contributed by atoms with Crippen molar-refractivity contribution in [3.8, 4) is 5.75 Å². The Hall–Kier alpha value is -1.02. The van der Waals surface area contributed by atoms with E-state index in [1.165, 1.54) is 0 Å². The summed E-state index contributed by atoms with van der Waals surface area (Å²) in [4.78, 5) is 11.7. The van der Waals surface area contributed by atoms with E-state index in [4.69, 9.17) is 16.3 Å². The molecule has 0 amide bonds. The standard InChI is InChI=1S/C13H17ClO2/c1-8(2)13(15)10-5-6-12(11(14)7-10)16-9(3)4/h5-9H,1-4H3. The number of carbonyl (C=O) groups is 1. The largest absolute Gasteiger partial charge is 0.489 e. The predicted octanol–water partition coefficient (Wildman–Crippen LogP) is 3.97. The van der Waals surface area contributed by atoms with Gasteiger partial charge in [0, 0.05) is 11.5 Å². The van der Waals surface area contributed by atoms with Crippen molar-refractivity contribution in [1.29, 1.82) is 0 Å². The molecule has 0 aliphatic carbocycles. The van der Waals surface area contributed by atoms with E-state index in [2.05, 4.69) is 0 Å². The van der Waals surface area contributed by atoms with Gasteiger partial charge in [-0.15, -0.1) is 0 Å². The van der Waals surface area contributed by atoms with E-state index in [1.54, 1.807) is 18.2 Å². The number of ether oxygens (including phenoxy) is 1. The van der Waals surface area contributed by atoms with Gasteiger partial charge in [-0.1, -0.05) is 25.4 Å². The molecule has 0 saturated heterocycles. The molecule has 0 atom stereocenters. The summed E-state index contributed by atoms with van der Waals surface area (Å²) in [5.74, 6) is 0.697. The van der Waals surface area contributed by atoms with Gasteiger partial charge in [0.05, 0.1) is 11.1 Å². The van der Waals surface area contributed by atoms with Gasteiger partial charge >= 0.3 is 0 Å². The molecule has 0 heterocycles. The fourth-order valence-electron chi connectivity index (χ4n) is 1.34. The molecule has 1 aromatic carbocycles. The number of carbonyl (C=O) groups excluding carboxylic acids is 1. The van der Waals surface area contributed by atoms with Gasteiger partial charge in [0.2, 0.25) is 0 Å². The molecule has 0 saturated carbocycles. The molecule has 0 aromatic heterocycles. The van der Waals surface area contributed by atoms with Crippen LogP contribution in [0.1, 0.15) is 38.1 Å². The second-order valence-electron chi connectivity index (χ2n) is 4.33. The normalized spacial score (nSPS) is 10.9. The highest BCUT2D eigenvalue weighted by molar-refractivity contribution is 6.32. The summed E-state index contributed by atoms with van der Waals surface area (Å²) < 4.78 is 5.50. The van der Waals surface area contributed by atoms with E-state index < -0.39 is 0 Å². The number of halogens is 1. The SMILES string of the molecule is CC(C)Oc1ccc(C(=O)C(C)C)cc1Cl. The van der Waals surface area contributed by atoms with Gasteiger partial charge in [-0.3, -0.25) is 4.79 Å².